The first kappa shape index (κ1) is 21.5. The first-order chi connectivity index (χ1) is 13.5. The van der Waals surface area contributed by atoms with E-state index in [0.717, 1.165) is 42.8 Å². The van der Waals surface area contributed by atoms with Gasteiger partial charge in [0.15, 0.2) is 5.82 Å². The molecule has 152 valence electrons. The van der Waals surface area contributed by atoms with Crippen molar-refractivity contribution in [3.63, 3.8) is 0 Å². The molecule has 9 nitrogen and oxygen atoms in total. The Morgan fingerprint density at radius 2 is 2.00 bits per heavy atom. The van der Waals surface area contributed by atoms with Crippen LogP contribution in [0.25, 0.3) is 11.0 Å². The van der Waals surface area contributed by atoms with E-state index in [4.69, 9.17) is 4.74 Å². The molecule has 0 aliphatic rings. The number of nitrogens with one attached hydrogen (secondary N) is 1. The van der Waals surface area contributed by atoms with Crippen LogP contribution in [0.15, 0.2) is 18.6 Å². The highest BCUT2D eigenvalue weighted by molar-refractivity contribution is 5.90. The number of hydrogen-bond acceptors (Lipinski definition) is 8. The Bertz CT molecular complexity index is 863. The van der Waals surface area contributed by atoms with Crippen molar-refractivity contribution in [2.24, 2.45) is 0 Å². The molecular weight excluding hydrogens is 356 g/mol. The van der Waals surface area contributed by atoms with E-state index < -0.39 is 0 Å². The molecule has 0 atom stereocenters. The second-order valence-electron chi connectivity index (χ2n) is 6.20. The Morgan fingerprint density at radius 3 is 2.54 bits per heavy atom. The zero-order valence-corrected chi connectivity index (χ0v) is 17.6. The molecule has 0 bridgehead atoms. The predicted octanol–water partition coefficient (Wildman–Crippen LogP) is 3.19. The van der Waals surface area contributed by atoms with E-state index in [-0.39, 0.29) is 0 Å². The number of anilines is 3. The standard InChI is InChI=1S/C15H20N8.C4H10O/c1-5-22(4)15-19-12-10(3)21-23(6-2)13(12)14(20-15)18-11-7-8-16-9-17-11;1-3-4-5-2/h7-9H,5-6H2,1-4H3,(H,16,17,18,19,20);3-4H2,1-2H3. The predicted molar refractivity (Wildman–Crippen MR) is 112 cm³/mol. The van der Waals surface area contributed by atoms with Crippen LogP contribution in [0, 0.1) is 6.92 Å². The van der Waals surface area contributed by atoms with Gasteiger partial charge < -0.3 is 15.0 Å². The maximum Gasteiger partial charge on any atom is 0.227 e. The number of nitrogens with zero attached hydrogens (tertiary/aromatic N) is 7. The van der Waals surface area contributed by atoms with Gasteiger partial charge in [0.1, 0.15) is 23.2 Å². The lowest BCUT2D eigenvalue weighted by Gasteiger charge is -2.16. The topological polar surface area (TPSA) is 93.9 Å². The van der Waals surface area contributed by atoms with Gasteiger partial charge in [-0.05, 0) is 33.3 Å². The molecule has 0 amide bonds. The fraction of sp³-hybridized carbons (Fsp3) is 0.526. The van der Waals surface area contributed by atoms with Gasteiger partial charge in [-0.1, -0.05) is 6.92 Å². The molecule has 9 heteroatoms. The van der Waals surface area contributed by atoms with Crippen LogP contribution in [0.4, 0.5) is 17.6 Å². The van der Waals surface area contributed by atoms with Crippen molar-refractivity contribution in [2.75, 3.05) is 37.5 Å². The van der Waals surface area contributed by atoms with Gasteiger partial charge in [-0.25, -0.2) is 15.0 Å². The summed E-state index contributed by atoms with van der Waals surface area (Å²) >= 11 is 0. The minimum Gasteiger partial charge on any atom is -0.385 e. The molecule has 3 rings (SSSR count). The largest absolute Gasteiger partial charge is 0.385 e. The Balaban J connectivity index is 0.000000500. The lowest BCUT2D eigenvalue weighted by atomic mass is 10.3. The van der Waals surface area contributed by atoms with Crippen LogP contribution in [0.1, 0.15) is 32.9 Å². The molecule has 0 unspecified atom stereocenters. The summed E-state index contributed by atoms with van der Waals surface area (Å²) in [6, 6.07) is 1.80. The molecule has 0 aliphatic heterocycles. The molecule has 1 N–H and O–H groups in total. The second kappa shape index (κ2) is 10.5. The maximum absolute atomic E-state index is 4.69. The van der Waals surface area contributed by atoms with E-state index in [1.54, 1.807) is 19.4 Å². The number of hydrogen-bond donors (Lipinski definition) is 1. The van der Waals surface area contributed by atoms with Crippen LogP contribution in [-0.2, 0) is 11.3 Å². The summed E-state index contributed by atoms with van der Waals surface area (Å²) in [6.07, 6.45) is 4.31. The van der Waals surface area contributed by atoms with Crippen LogP contribution >= 0.6 is 0 Å². The van der Waals surface area contributed by atoms with E-state index in [2.05, 4.69) is 44.2 Å². The molecule has 3 aromatic heterocycles. The average Bonchev–Trinajstić information content (AvgIpc) is 3.05. The van der Waals surface area contributed by atoms with E-state index in [1.807, 2.05) is 30.5 Å². The Hall–Kier alpha value is -2.81. The van der Waals surface area contributed by atoms with Gasteiger partial charge in [0, 0.05) is 40.1 Å². The zero-order chi connectivity index (χ0) is 20.5. The lowest BCUT2D eigenvalue weighted by molar-refractivity contribution is 0.199. The van der Waals surface area contributed by atoms with Crippen LogP contribution < -0.4 is 10.2 Å². The summed E-state index contributed by atoms with van der Waals surface area (Å²) in [5, 5.41) is 7.82. The van der Waals surface area contributed by atoms with Gasteiger partial charge >= 0.3 is 0 Å². The summed E-state index contributed by atoms with van der Waals surface area (Å²) in [5.41, 5.74) is 2.63. The summed E-state index contributed by atoms with van der Waals surface area (Å²) in [4.78, 5) is 19.5. The van der Waals surface area contributed by atoms with Crippen molar-refractivity contribution in [1.29, 1.82) is 0 Å². The highest BCUT2D eigenvalue weighted by atomic mass is 16.5. The lowest BCUT2D eigenvalue weighted by Crippen LogP contribution is -2.19. The number of rotatable bonds is 7. The van der Waals surface area contributed by atoms with Crippen molar-refractivity contribution in [3.8, 4) is 0 Å². The van der Waals surface area contributed by atoms with Gasteiger partial charge in [-0.15, -0.1) is 0 Å². The minimum atomic E-state index is 0.662. The molecule has 0 radical (unpaired) electrons. The maximum atomic E-state index is 4.69. The minimum absolute atomic E-state index is 0.662. The molecule has 0 aromatic carbocycles. The molecule has 0 saturated carbocycles. The van der Waals surface area contributed by atoms with Crippen molar-refractivity contribution < 1.29 is 4.74 Å². The van der Waals surface area contributed by atoms with Crippen molar-refractivity contribution in [2.45, 2.75) is 40.7 Å². The molecule has 0 aliphatic carbocycles. The quantitative estimate of drug-likeness (QED) is 0.662. The summed E-state index contributed by atoms with van der Waals surface area (Å²) < 4.78 is 6.60. The molecule has 0 spiro atoms. The Labute approximate surface area is 166 Å². The molecular formula is C19H30N8O. The van der Waals surface area contributed by atoms with Crippen molar-refractivity contribution >= 4 is 28.6 Å². The highest BCUT2D eigenvalue weighted by Crippen LogP contribution is 2.27. The average molecular weight is 387 g/mol. The number of aryl methyl sites for hydroxylation is 2. The second-order valence-corrected chi connectivity index (χ2v) is 6.20. The van der Waals surface area contributed by atoms with Crippen molar-refractivity contribution in [3.05, 3.63) is 24.3 Å². The molecule has 3 aromatic rings. The van der Waals surface area contributed by atoms with E-state index in [0.29, 0.717) is 17.6 Å². The monoisotopic (exact) mass is 386 g/mol. The van der Waals surface area contributed by atoms with Crippen LogP contribution in [0.2, 0.25) is 0 Å². The van der Waals surface area contributed by atoms with Crippen LogP contribution in [-0.4, -0.2) is 57.0 Å². The highest BCUT2D eigenvalue weighted by Gasteiger charge is 2.17. The number of fused-ring (bicyclic) bond motifs is 1. The summed E-state index contributed by atoms with van der Waals surface area (Å²) in [5.74, 6) is 2.05. The first-order valence-electron chi connectivity index (χ1n) is 9.53. The summed E-state index contributed by atoms with van der Waals surface area (Å²) in [6.45, 7) is 10.6. The number of methoxy groups -OCH3 is 1. The number of aromatic nitrogens is 6. The first-order valence-corrected chi connectivity index (χ1v) is 9.53. The van der Waals surface area contributed by atoms with Gasteiger partial charge in [0.05, 0.1) is 5.69 Å². The van der Waals surface area contributed by atoms with Gasteiger partial charge in [0.25, 0.3) is 0 Å². The van der Waals surface area contributed by atoms with Crippen LogP contribution in [0.5, 0.6) is 0 Å². The van der Waals surface area contributed by atoms with Crippen molar-refractivity contribution in [1.82, 2.24) is 29.7 Å². The fourth-order valence-corrected chi connectivity index (χ4v) is 2.54. The third kappa shape index (κ3) is 5.13. The van der Waals surface area contributed by atoms with Crippen LogP contribution in [0.3, 0.4) is 0 Å². The SMILES string of the molecule is CCCOC.CCN(C)c1nc(Nc2ccncn2)c2c(n1)c(C)nn2CC. The summed E-state index contributed by atoms with van der Waals surface area (Å²) in [7, 11) is 3.68. The Kier molecular flexibility index (Phi) is 8.06. The normalized spacial score (nSPS) is 10.5. The smallest absolute Gasteiger partial charge is 0.227 e. The third-order valence-corrected chi connectivity index (χ3v) is 4.10. The van der Waals surface area contributed by atoms with Gasteiger partial charge in [0.2, 0.25) is 5.95 Å². The van der Waals surface area contributed by atoms with Gasteiger partial charge in [-0.3, -0.25) is 4.68 Å². The van der Waals surface area contributed by atoms with E-state index >= 15 is 0 Å². The zero-order valence-electron chi connectivity index (χ0n) is 17.6. The molecule has 3 heterocycles. The fourth-order valence-electron chi connectivity index (χ4n) is 2.54. The molecule has 0 saturated heterocycles. The molecule has 0 fully saturated rings. The van der Waals surface area contributed by atoms with Gasteiger partial charge in [-0.2, -0.15) is 10.1 Å². The number of ether oxygens (including phenoxy) is 1. The third-order valence-electron chi connectivity index (χ3n) is 4.10. The Morgan fingerprint density at radius 1 is 1.21 bits per heavy atom. The van der Waals surface area contributed by atoms with E-state index in [1.165, 1.54) is 6.33 Å². The molecule has 28 heavy (non-hydrogen) atoms. The van der Waals surface area contributed by atoms with E-state index in [9.17, 15) is 0 Å².